The van der Waals surface area contributed by atoms with Crippen LogP contribution in [-0.4, -0.2) is 119 Å². The highest BCUT2D eigenvalue weighted by atomic mass is 16.5. The number of hydrogen-bond acceptors (Lipinski definition) is 11. The second-order valence-corrected chi connectivity index (χ2v) is 14.1. The fourth-order valence-corrected chi connectivity index (χ4v) is 6.67. The van der Waals surface area contributed by atoms with Crippen LogP contribution >= 0.6 is 0 Å². The molecule has 15 heteroatoms. The van der Waals surface area contributed by atoms with Crippen molar-refractivity contribution in [2.45, 2.75) is 141 Å². The number of unbranched alkanes of at least 4 members (excludes halogenated alkanes) is 3. The van der Waals surface area contributed by atoms with Crippen LogP contribution in [0, 0.1) is 17.8 Å². The van der Waals surface area contributed by atoms with Crippen LogP contribution in [0.5, 0.6) is 0 Å². The molecule has 0 bridgehead atoms. The number of nitrogens with two attached hydrogens (primary N) is 1. The van der Waals surface area contributed by atoms with E-state index < -0.39 is 85.4 Å². The summed E-state index contributed by atoms with van der Waals surface area (Å²) in [5.41, 5.74) is 5.88. The molecule has 8 atom stereocenters. The van der Waals surface area contributed by atoms with Crippen molar-refractivity contribution in [1.29, 1.82) is 0 Å². The first-order valence-corrected chi connectivity index (χ1v) is 18.0. The third kappa shape index (κ3) is 13.1. The standard InChI is InChI=1S/C34H62N6O9/c1-6-7-8-12-15-26-21(4)34(48)40(5)24(16-20(2)3)31(45)38-28(22-13-10-9-11-14-22)33(47)37-23(17-35)30(44)39-29(25(42)19-41)32(46)36-18-27(43)49-26/h20-26,28-29,31,38,41-42,45H,6-19,35H2,1-5H3,(H,36,46)(H,37,47)(H,39,44)/t21-,23+,24+,25+,26-,28+,29+,31?/m1/s1. The van der Waals surface area contributed by atoms with E-state index >= 15 is 0 Å². The van der Waals surface area contributed by atoms with E-state index in [1.54, 1.807) is 14.0 Å². The average molecular weight is 699 g/mol. The van der Waals surface area contributed by atoms with Gasteiger partial charge in [0.05, 0.1) is 24.6 Å². The fraction of sp³-hybridized carbons (Fsp3) is 0.853. The van der Waals surface area contributed by atoms with E-state index in [9.17, 15) is 39.3 Å². The van der Waals surface area contributed by atoms with Crippen molar-refractivity contribution in [1.82, 2.24) is 26.2 Å². The minimum Gasteiger partial charge on any atom is -0.460 e. The molecular weight excluding hydrogens is 636 g/mol. The van der Waals surface area contributed by atoms with E-state index in [4.69, 9.17) is 10.5 Å². The fourth-order valence-electron chi connectivity index (χ4n) is 6.67. The van der Waals surface area contributed by atoms with Gasteiger partial charge in [-0.25, -0.2) is 0 Å². The Balaban J connectivity index is 2.57. The number of rotatable bonds is 11. The maximum atomic E-state index is 14.0. The number of cyclic esters (lactones) is 1. The smallest absolute Gasteiger partial charge is 0.325 e. The van der Waals surface area contributed by atoms with Crippen LogP contribution in [0.15, 0.2) is 0 Å². The lowest BCUT2D eigenvalue weighted by molar-refractivity contribution is -0.157. The van der Waals surface area contributed by atoms with Gasteiger partial charge in [0.1, 0.15) is 37.1 Å². The lowest BCUT2D eigenvalue weighted by Gasteiger charge is -2.39. The molecule has 0 aromatic rings. The van der Waals surface area contributed by atoms with Gasteiger partial charge in [-0.1, -0.05) is 66.2 Å². The molecule has 9 N–H and O–H groups in total. The van der Waals surface area contributed by atoms with Crippen LogP contribution < -0.4 is 27.0 Å². The third-order valence-corrected chi connectivity index (χ3v) is 9.68. The Labute approximate surface area is 290 Å². The molecule has 1 aliphatic carbocycles. The number of aliphatic hydroxyl groups is 3. The summed E-state index contributed by atoms with van der Waals surface area (Å²) in [6, 6.07) is -4.72. The monoisotopic (exact) mass is 698 g/mol. The Morgan fingerprint density at radius 1 is 0.980 bits per heavy atom. The molecule has 1 heterocycles. The van der Waals surface area contributed by atoms with Crippen molar-refractivity contribution in [2.75, 3.05) is 26.7 Å². The lowest BCUT2D eigenvalue weighted by Crippen LogP contribution is -2.63. The Bertz CT molecular complexity index is 1070. The Hall–Kier alpha value is -2.85. The van der Waals surface area contributed by atoms with E-state index in [0.29, 0.717) is 32.1 Å². The van der Waals surface area contributed by atoms with Crippen molar-refractivity contribution in [2.24, 2.45) is 23.5 Å². The van der Waals surface area contributed by atoms with Crippen molar-refractivity contribution in [3.05, 3.63) is 0 Å². The number of nitrogens with one attached hydrogen (secondary N) is 4. The summed E-state index contributed by atoms with van der Waals surface area (Å²) in [6.45, 7) is 5.77. The number of hydrogen-bond donors (Lipinski definition) is 8. The number of aliphatic hydroxyl groups excluding tert-OH is 3. The summed E-state index contributed by atoms with van der Waals surface area (Å²) in [7, 11) is 1.59. The molecule has 1 saturated carbocycles. The molecule has 0 spiro atoms. The predicted octanol–water partition coefficient (Wildman–Crippen LogP) is -0.354. The minimum absolute atomic E-state index is 0.0642. The number of amides is 4. The van der Waals surface area contributed by atoms with Gasteiger partial charge in [-0.15, -0.1) is 0 Å². The number of ether oxygens (including phenoxy) is 1. The summed E-state index contributed by atoms with van der Waals surface area (Å²) in [5, 5.41) is 42.1. The molecule has 15 nitrogen and oxygen atoms in total. The van der Waals surface area contributed by atoms with E-state index in [2.05, 4.69) is 28.2 Å². The van der Waals surface area contributed by atoms with Crippen LogP contribution in [-0.2, 0) is 28.7 Å². The van der Waals surface area contributed by atoms with Gasteiger partial charge in [0, 0.05) is 13.6 Å². The van der Waals surface area contributed by atoms with Gasteiger partial charge in [-0.2, -0.15) is 0 Å². The number of nitrogens with zero attached hydrogens (tertiary/aromatic N) is 1. The average Bonchev–Trinajstić information content (AvgIpc) is 3.09. The highest BCUT2D eigenvalue weighted by Crippen LogP contribution is 2.28. The number of carbonyl (C=O) groups is 5. The zero-order chi connectivity index (χ0) is 36.7. The molecule has 2 fully saturated rings. The van der Waals surface area contributed by atoms with Gasteiger partial charge in [0.25, 0.3) is 0 Å². The molecule has 0 aromatic heterocycles. The first-order valence-electron chi connectivity index (χ1n) is 18.0. The van der Waals surface area contributed by atoms with Gasteiger partial charge < -0.3 is 46.6 Å². The van der Waals surface area contributed by atoms with Gasteiger partial charge in [0.15, 0.2) is 0 Å². The summed E-state index contributed by atoms with van der Waals surface area (Å²) < 4.78 is 5.76. The van der Waals surface area contributed by atoms with Crippen LogP contribution in [0.2, 0.25) is 0 Å². The van der Waals surface area contributed by atoms with E-state index in [0.717, 1.165) is 38.5 Å². The molecule has 2 aliphatic rings. The quantitative estimate of drug-likeness (QED) is 0.103. The molecule has 1 saturated heterocycles. The predicted molar refractivity (Wildman–Crippen MR) is 182 cm³/mol. The second-order valence-electron chi connectivity index (χ2n) is 14.1. The normalized spacial score (nSPS) is 30.0. The molecule has 4 amide bonds. The van der Waals surface area contributed by atoms with Crippen LogP contribution in [0.4, 0.5) is 0 Å². The molecular formula is C34H62N6O9. The molecule has 1 aliphatic heterocycles. The molecule has 282 valence electrons. The Kier molecular flexibility index (Phi) is 18.5. The van der Waals surface area contributed by atoms with Gasteiger partial charge in [0.2, 0.25) is 23.6 Å². The zero-order valence-corrected chi connectivity index (χ0v) is 30.0. The zero-order valence-electron chi connectivity index (χ0n) is 30.0. The van der Waals surface area contributed by atoms with E-state index in [1.165, 1.54) is 4.90 Å². The third-order valence-electron chi connectivity index (χ3n) is 9.68. The topological polar surface area (TPSA) is 233 Å². The number of esters is 1. The first-order chi connectivity index (χ1) is 23.2. The SMILES string of the molecule is CCCCCC[C@H]1OC(=O)CNC(=O)[C@H]([C@@H](O)CO)NC(=O)[C@H](CN)NC(=O)[C@H](C2CCCCC2)NC(O)[C@H](CC(C)C)N(C)C(=O)[C@@H]1C. The highest BCUT2D eigenvalue weighted by Gasteiger charge is 2.40. The Morgan fingerprint density at radius 3 is 2.24 bits per heavy atom. The van der Waals surface area contributed by atoms with Crippen molar-refractivity contribution in [3.8, 4) is 0 Å². The van der Waals surface area contributed by atoms with Crippen LogP contribution in [0.1, 0.15) is 98.3 Å². The summed E-state index contributed by atoms with van der Waals surface area (Å²) in [6.07, 6.45) is 4.56. The van der Waals surface area contributed by atoms with Gasteiger partial charge in [-0.05, 0) is 43.9 Å². The largest absolute Gasteiger partial charge is 0.460 e. The number of carbonyl (C=O) groups excluding carboxylic acids is 5. The summed E-state index contributed by atoms with van der Waals surface area (Å²) >= 11 is 0. The van der Waals surface area contributed by atoms with Crippen molar-refractivity contribution >= 4 is 29.6 Å². The minimum atomic E-state index is -1.74. The van der Waals surface area contributed by atoms with E-state index in [1.807, 2.05) is 13.8 Å². The number of likely N-dealkylation sites (N-methyl/N-ethyl adjacent to an activating group) is 1. The maximum Gasteiger partial charge on any atom is 0.325 e. The van der Waals surface area contributed by atoms with Crippen LogP contribution in [0.3, 0.4) is 0 Å². The summed E-state index contributed by atoms with van der Waals surface area (Å²) in [4.78, 5) is 68.8. The summed E-state index contributed by atoms with van der Waals surface area (Å²) in [5.74, 6) is -4.57. The first kappa shape index (κ1) is 42.3. The highest BCUT2D eigenvalue weighted by molar-refractivity contribution is 5.94. The van der Waals surface area contributed by atoms with Crippen molar-refractivity contribution < 1.29 is 44.0 Å². The molecule has 2 rings (SSSR count). The van der Waals surface area contributed by atoms with Gasteiger partial charge >= 0.3 is 5.97 Å². The molecule has 1 unspecified atom stereocenters. The Morgan fingerprint density at radius 2 is 1.65 bits per heavy atom. The second kappa shape index (κ2) is 21.4. The van der Waals surface area contributed by atoms with Crippen LogP contribution in [0.25, 0.3) is 0 Å². The maximum absolute atomic E-state index is 14.0. The molecule has 49 heavy (non-hydrogen) atoms. The van der Waals surface area contributed by atoms with Crippen molar-refractivity contribution in [3.63, 3.8) is 0 Å². The molecule has 0 aromatic carbocycles. The van der Waals surface area contributed by atoms with Gasteiger partial charge in [-0.3, -0.25) is 29.3 Å². The van der Waals surface area contributed by atoms with E-state index in [-0.39, 0.29) is 24.3 Å². The molecule has 0 radical (unpaired) electrons. The lowest BCUT2D eigenvalue weighted by atomic mass is 9.83.